The van der Waals surface area contributed by atoms with E-state index in [4.69, 9.17) is 14.2 Å². The highest BCUT2D eigenvalue weighted by molar-refractivity contribution is 5.83. The smallest absolute Gasteiger partial charge is 0.240 e. The number of carbonyl (C=O) groups is 3. The Kier molecular flexibility index (Phi) is 7.80. The SMILES string of the molecule is CN1C[C@@H]2C[C@H]1C(=O)N1CCO[C@H](CN(C(=O)C3CCOCC3)C[C@H]3O[C@@H](CC(=O)N2)[C@H](O)[C@@H]3O)C1. The number of nitrogens with zero attached hydrogens (tertiary/aromatic N) is 3. The van der Waals surface area contributed by atoms with Gasteiger partial charge in [-0.25, -0.2) is 0 Å². The summed E-state index contributed by atoms with van der Waals surface area (Å²) in [6.07, 6.45) is -2.94. The normalized spacial score (nSPS) is 39.4. The van der Waals surface area contributed by atoms with Crippen LogP contribution in [0.1, 0.15) is 25.7 Å². The first kappa shape index (κ1) is 25.8. The van der Waals surface area contributed by atoms with Gasteiger partial charge < -0.3 is 39.5 Å². The molecule has 7 atom stereocenters. The van der Waals surface area contributed by atoms with Crippen LogP contribution in [0.25, 0.3) is 0 Å². The second-order valence-corrected chi connectivity index (χ2v) is 10.8. The molecule has 12 heteroatoms. The first-order valence-electron chi connectivity index (χ1n) is 13.1. The molecular weight excluding hydrogens is 472 g/mol. The van der Waals surface area contributed by atoms with Crippen molar-refractivity contribution in [1.29, 1.82) is 0 Å². The molecule has 12 nitrogen and oxygen atoms in total. The Bertz CT molecular complexity index is 839. The van der Waals surface area contributed by atoms with Gasteiger partial charge in [-0.1, -0.05) is 0 Å². The molecule has 5 heterocycles. The summed E-state index contributed by atoms with van der Waals surface area (Å²) in [6.45, 7) is 3.09. The number of likely N-dealkylation sites (tertiary alicyclic amines) is 1. The lowest BCUT2D eigenvalue weighted by molar-refractivity contribution is -0.149. The van der Waals surface area contributed by atoms with Crippen molar-refractivity contribution in [3.63, 3.8) is 0 Å². The van der Waals surface area contributed by atoms with Crippen LogP contribution in [0, 0.1) is 5.92 Å². The van der Waals surface area contributed by atoms with Crippen LogP contribution in [0.2, 0.25) is 0 Å². The minimum atomic E-state index is -1.24. The van der Waals surface area contributed by atoms with Crippen LogP contribution >= 0.6 is 0 Å². The molecule has 3 N–H and O–H groups in total. The van der Waals surface area contributed by atoms with Gasteiger partial charge in [0.15, 0.2) is 0 Å². The maximum absolute atomic E-state index is 13.5. The Balaban J connectivity index is 1.40. The van der Waals surface area contributed by atoms with Gasteiger partial charge in [0.05, 0.1) is 31.3 Å². The van der Waals surface area contributed by atoms with Crippen molar-refractivity contribution < 1.29 is 38.8 Å². The molecule has 202 valence electrons. The van der Waals surface area contributed by atoms with E-state index < -0.39 is 24.4 Å². The van der Waals surface area contributed by atoms with Crippen molar-refractivity contribution in [2.45, 2.75) is 68.3 Å². The summed E-state index contributed by atoms with van der Waals surface area (Å²) in [5, 5.41) is 24.3. The first-order valence-corrected chi connectivity index (χ1v) is 13.1. The number of fused-ring (bicyclic) bond motifs is 6. The average Bonchev–Trinajstić information content (AvgIpc) is 3.36. The third-order valence-corrected chi connectivity index (χ3v) is 8.20. The molecule has 0 aliphatic carbocycles. The van der Waals surface area contributed by atoms with E-state index >= 15 is 0 Å². The zero-order chi connectivity index (χ0) is 25.4. The number of carbonyl (C=O) groups excluding carboxylic acids is 3. The Morgan fingerprint density at radius 1 is 1.00 bits per heavy atom. The number of ether oxygens (including phenoxy) is 3. The second kappa shape index (κ2) is 10.9. The number of likely N-dealkylation sites (N-methyl/N-ethyl adjacent to an activating group) is 1. The summed E-state index contributed by atoms with van der Waals surface area (Å²) in [7, 11) is 1.87. The molecule has 0 unspecified atom stereocenters. The Labute approximate surface area is 210 Å². The van der Waals surface area contributed by atoms with Crippen molar-refractivity contribution in [2.24, 2.45) is 5.92 Å². The van der Waals surface area contributed by atoms with Crippen LogP contribution in [-0.2, 0) is 28.6 Å². The predicted octanol–water partition coefficient (Wildman–Crippen LogP) is -2.45. The maximum Gasteiger partial charge on any atom is 0.240 e. The van der Waals surface area contributed by atoms with Crippen molar-refractivity contribution in [3.8, 4) is 0 Å². The molecule has 5 rings (SSSR count). The molecule has 0 aromatic heterocycles. The number of amides is 3. The lowest BCUT2D eigenvalue weighted by atomic mass is 9.97. The van der Waals surface area contributed by atoms with E-state index in [1.165, 1.54) is 0 Å². The van der Waals surface area contributed by atoms with Crippen molar-refractivity contribution in [2.75, 3.05) is 59.6 Å². The fraction of sp³-hybridized carbons (Fsp3) is 0.875. The highest BCUT2D eigenvalue weighted by atomic mass is 16.5. The molecule has 6 bridgehead atoms. The first-order chi connectivity index (χ1) is 17.3. The van der Waals surface area contributed by atoms with Crippen molar-refractivity contribution in [1.82, 2.24) is 20.0 Å². The molecule has 0 radical (unpaired) electrons. The van der Waals surface area contributed by atoms with Crippen LogP contribution in [0.3, 0.4) is 0 Å². The Morgan fingerprint density at radius 2 is 1.75 bits per heavy atom. The molecule has 5 fully saturated rings. The Hall–Kier alpha value is -1.83. The third-order valence-electron chi connectivity index (χ3n) is 8.20. The number of hydrogen-bond donors (Lipinski definition) is 3. The van der Waals surface area contributed by atoms with Crippen molar-refractivity contribution >= 4 is 17.7 Å². The Morgan fingerprint density at radius 3 is 2.53 bits per heavy atom. The highest BCUT2D eigenvalue weighted by Gasteiger charge is 2.46. The lowest BCUT2D eigenvalue weighted by Crippen LogP contribution is -2.55. The average molecular weight is 511 g/mol. The fourth-order valence-corrected chi connectivity index (χ4v) is 6.17. The van der Waals surface area contributed by atoms with Gasteiger partial charge >= 0.3 is 0 Å². The van der Waals surface area contributed by atoms with Gasteiger partial charge in [0, 0.05) is 57.9 Å². The van der Waals surface area contributed by atoms with Gasteiger partial charge in [0.2, 0.25) is 17.7 Å². The number of nitrogens with one attached hydrogen (secondary N) is 1. The standard InChI is InChI=1S/C24H38N4O8/c1-26-10-15-8-17(26)24(33)27-4-7-35-16(11-27)12-28(23(32)14-2-5-34-6-3-14)13-19-22(31)21(30)18(36-19)9-20(29)25-15/h14-19,21-22,30-31H,2-13H2,1H3,(H,25,29)/t15-,16-,17-,18-,19+,21-,22+/m0/s1. The number of aliphatic hydroxyl groups excluding tert-OH is 2. The van der Waals surface area contributed by atoms with Crippen LogP contribution < -0.4 is 5.32 Å². The molecule has 0 aromatic rings. The summed E-state index contributed by atoms with van der Waals surface area (Å²) in [6, 6.07) is -0.533. The lowest BCUT2D eigenvalue weighted by Gasteiger charge is -2.39. The van der Waals surface area contributed by atoms with E-state index in [0.717, 1.165) is 0 Å². The summed E-state index contributed by atoms with van der Waals surface area (Å²) in [5.41, 5.74) is 0. The zero-order valence-electron chi connectivity index (χ0n) is 20.8. The summed E-state index contributed by atoms with van der Waals surface area (Å²) >= 11 is 0. The van der Waals surface area contributed by atoms with E-state index in [2.05, 4.69) is 5.32 Å². The van der Waals surface area contributed by atoms with Crippen LogP contribution in [0.5, 0.6) is 0 Å². The minimum Gasteiger partial charge on any atom is -0.388 e. The highest BCUT2D eigenvalue weighted by Crippen LogP contribution is 2.28. The molecule has 0 saturated carbocycles. The van der Waals surface area contributed by atoms with Gasteiger partial charge in [-0.2, -0.15) is 0 Å². The third kappa shape index (κ3) is 5.39. The number of aliphatic hydroxyl groups is 2. The van der Waals surface area contributed by atoms with E-state index in [1.54, 1.807) is 9.80 Å². The topological polar surface area (TPSA) is 141 Å². The van der Waals surface area contributed by atoms with Gasteiger partial charge in [-0.05, 0) is 26.3 Å². The molecule has 36 heavy (non-hydrogen) atoms. The van der Waals surface area contributed by atoms with Gasteiger partial charge in [-0.3, -0.25) is 19.3 Å². The van der Waals surface area contributed by atoms with Crippen LogP contribution in [0.15, 0.2) is 0 Å². The maximum atomic E-state index is 13.5. The second-order valence-electron chi connectivity index (χ2n) is 10.8. The summed E-state index contributed by atoms with van der Waals surface area (Å²) < 4.78 is 17.3. The molecule has 5 aliphatic heterocycles. The fourth-order valence-electron chi connectivity index (χ4n) is 6.17. The predicted molar refractivity (Wildman–Crippen MR) is 125 cm³/mol. The monoisotopic (exact) mass is 510 g/mol. The zero-order valence-corrected chi connectivity index (χ0v) is 20.8. The van der Waals surface area contributed by atoms with Crippen molar-refractivity contribution in [3.05, 3.63) is 0 Å². The number of hydrogen-bond acceptors (Lipinski definition) is 9. The summed E-state index contributed by atoms with van der Waals surface area (Å²) in [4.78, 5) is 45.1. The largest absolute Gasteiger partial charge is 0.388 e. The van der Waals surface area contributed by atoms with Gasteiger partial charge in [0.25, 0.3) is 0 Å². The van der Waals surface area contributed by atoms with Crippen LogP contribution in [-0.4, -0.2) is 145 Å². The number of morpholine rings is 1. The van der Waals surface area contributed by atoms with E-state index in [9.17, 15) is 24.6 Å². The molecule has 0 spiro atoms. The summed E-state index contributed by atoms with van der Waals surface area (Å²) in [5.74, 6) is -0.575. The molecule has 3 amide bonds. The molecule has 0 aromatic carbocycles. The van der Waals surface area contributed by atoms with E-state index in [0.29, 0.717) is 58.7 Å². The van der Waals surface area contributed by atoms with Gasteiger partial charge in [0.1, 0.15) is 18.3 Å². The van der Waals surface area contributed by atoms with E-state index in [-0.39, 0.29) is 61.3 Å². The molecule has 5 aliphatic rings. The number of rotatable bonds is 1. The van der Waals surface area contributed by atoms with Crippen LogP contribution in [0.4, 0.5) is 0 Å². The van der Waals surface area contributed by atoms with Gasteiger partial charge in [-0.15, -0.1) is 0 Å². The molecular formula is C24H38N4O8. The minimum absolute atomic E-state index is 0.00574. The molecule has 5 saturated heterocycles. The quantitative estimate of drug-likeness (QED) is 0.351. The van der Waals surface area contributed by atoms with E-state index in [1.807, 2.05) is 11.9 Å².